The van der Waals surface area contributed by atoms with Crippen molar-refractivity contribution in [2.75, 3.05) is 6.54 Å². The summed E-state index contributed by atoms with van der Waals surface area (Å²) in [6.45, 7) is 4.13. The number of hydrogen-bond acceptors (Lipinski definition) is 4. The van der Waals surface area contributed by atoms with Crippen LogP contribution in [0.2, 0.25) is 0 Å². The first kappa shape index (κ1) is 16.0. The summed E-state index contributed by atoms with van der Waals surface area (Å²) in [5, 5.41) is 14.4. The average molecular weight is 314 g/mol. The first-order valence-electron chi connectivity index (χ1n) is 7.20. The van der Waals surface area contributed by atoms with E-state index in [2.05, 4.69) is 15.5 Å². The number of hydrogen-bond donors (Lipinski definition) is 3. The molecule has 7 nitrogen and oxygen atoms in total. The molecule has 1 aromatic rings. The molecule has 0 aromatic carbocycles. The van der Waals surface area contributed by atoms with Gasteiger partial charge < -0.3 is 5.32 Å². The summed E-state index contributed by atoms with van der Waals surface area (Å²) in [5.41, 5.74) is 0.216. The summed E-state index contributed by atoms with van der Waals surface area (Å²) in [6, 6.07) is 0. The standard InChI is InChI=1S/C13H22N4O3S/c1-8(2)10-12(21(14,19)20)11(17-16-10)13(18)15-7-3-4-9-5-6-9/h8-9H,3-7H2,1-2H3,(H,15,18)(H,16,17)(H2,14,19,20). The number of rotatable bonds is 7. The van der Waals surface area contributed by atoms with Crippen LogP contribution < -0.4 is 10.5 Å². The predicted octanol–water partition coefficient (Wildman–Crippen LogP) is 1.10. The van der Waals surface area contributed by atoms with Crippen LogP contribution in [0.1, 0.15) is 61.6 Å². The number of carbonyl (C=O) groups excluding carboxylic acids is 1. The minimum atomic E-state index is -4.00. The number of nitrogens with two attached hydrogens (primary N) is 1. The molecule has 21 heavy (non-hydrogen) atoms. The lowest BCUT2D eigenvalue weighted by Gasteiger charge is -2.07. The van der Waals surface area contributed by atoms with E-state index >= 15 is 0 Å². The van der Waals surface area contributed by atoms with Crippen molar-refractivity contribution in [1.82, 2.24) is 15.5 Å². The van der Waals surface area contributed by atoms with Gasteiger partial charge in [0.05, 0.1) is 5.69 Å². The third-order valence-corrected chi connectivity index (χ3v) is 4.58. The molecule has 0 unspecified atom stereocenters. The molecule has 1 aliphatic carbocycles. The van der Waals surface area contributed by atoms with E-state index < -0.39 is 15.9 Å². The molecule has 0 aliphatic heterocycles. The van der Waals surface area contributed by atoms with Gasteiger partial charge in [0, 0.05) is 6.54 Å². The maximum Gasteiger partial charge on any atom is 0.273 e. The van der Waals surface area contributed by atoms with Crippen molar-refractivity contribution >= 4 is 15.9 Å². The Hall–Kier alpha value is -1.41. The van der Waals surface area contributed by atoms with Gasteiger partial charge in [-0.25, -0.2) is 13.6 Å². The molecule has 1 heterocycles. The second-order valence-electron chi connectivity index (χ2n) is 5.86. The second kappa shape index (κ2) is 6.15. The zero-order valence-corrected chi connectivity index (χ0v) is 13.2. The van der Waals surface area contributed by atoms with Crippen molar-refractivity contribution < 1.29 is 13.2 Å². The Balaban J connectivity index is 2.08. The normalized spacial score (nSPS) is 15.4. The maximum absolute atomic E-state index is 12.1. The Labute approximate surface area is 124 Å². The van der Waals surface area contributed by atoms with Crippen molar-refractivity contribution in [3.63, 3.8) is 0 Å². The number of aromatic nitrogens is 2. The number of sulfonamides is 1. The Morgan fingerprint density at radius 2 is 2.14 bits per heavy atom. The molecular formula is C13H22N4O3S. The molecule has 1 aromatic heterocycles. The highest BCUT2D eigenvalue weighted by molar-refractivity contribution is 7.89. The molecule has 0 saturated heterocycles. The lowest BCUT2D eigenvalue weighted by molar-refractivity contribution is 0.0944. The number of primary sulfonamides is 1. The Morgan fingerprint density at radius 3 is 2.67 bits per heavy atom. The Morgan fingerprint density at radius 1 is 1.48 bits per heavy atom. The van der Waals surface area contributed by atoms with E-state index in [9.17, 15) is 13.2 Å². The van der Waals surface area contributed by atoms with E-state index in [-0.39, 0.29) is 16.5 Å². The molecule has 8 heteroatoms. The van der Waals surface area contributed by atoms with Gasteiger partial charge in [0.15, 0.2) is 5.69 Å². The van der Waals surface area contributed by atoms with Gasteiger partial charge in [0.2, 0.25) is 10.0 Å². The first-order valence-corrected chi connectivity index (χ1v) is 8.74. The molecule has 1 saturated carbocycles. The quantitative estimate of drug-likeness (QED) is 0.653. The molecule has 0 spiro atoms. The topological polar surface area (TPSA) is 118 Å². The third kappa shape index (κ3) is 4.04. The van der Waals surface area contributed by atoms with Gasteiger partial charge in [-0.3, -0.25) is 9.89 Å². The van der Waals surface area contributed by atoms with E-state index in [0.29, 0.717) is 12.2 Å². The van der Waals surface area contributed by atoms with Crippen LogP contribution in [0.25, 0.3) is 0 Å². The van der Waals surface area contributed by atoms with Gasteiger partial charge in [-0.2, -0.15) is 5.10 Å². The molecule has 0 bridgehead atoms. The van der Waals surface area contributed by atoms with Gasteiger partial charge in [-0.05, 0) is 24.7 Å². The number of nitrogens with zero attached hydrogens (tertiary/aromatic N) is 1. The molecule has 1 aliphatic rings. The summed E-state index contributed by atoms with van der Waals surface area (Å²) in [6.07, 6.45) is 4.55. The highest BCUT2D eigenvalue weighted by atomic mass is 32.2. The summed E-state index contributed by atoms with van der Waals surface area (Å²) in [5.74, 6) is 0.181. The minimum Gasteiger partial charge on any atom is -0.351 e. The molecule has 4 N–H and O–H groups in total. The zero-order chi connectivity index (χ0) is 15.6. The molecular weight excluding hydrogens is 292 g/mol. The monoisotopic (exact) mass is 314 g/mol. The molecule has 118 valence electrons. The fourth-order valence-corrected chi connectivity index (χ4v) is 3.26. The van der Waals surface area contributed by atoms with E-state index in [0.717, 1.165) is 18.8 Å². The van der Waals surface area contributed by atoms with Crippen molar-refractivity contribution in [2.24, 2.45) is 11.1 Å². The van der Waals surface area contributed by atoms with Crippen LogP contribution in [-0.2, 0) is 10.0 Å². The molecule has 1 amide bonds. The second-order valence-corrected chi connectivity index (χ2v) is 7.35. The van der Waals surface area contributed by atoms with Crippen LogP contribution in [-0.4, -0.2) is 31.1 Å². The SMILES string of the molecule is CC(C)c1[nH]nc(C(=O)NCCCC2CC2)c1S(N)(=O)=O. The van der Waals surface area contributed by atoms with E-state index in [1.165, 1.54) is 12.8 Å². The first-order chi connectivity index (χ1) is 9.80. The molecule has 2 rings (SSSR count). The van der Waals surface area contributed by atoms with E-state index in [1.807, 2.05) is 0 Å². The number of amides is 1. The van der Waals surface area contributed by atoms with Crippen LogP contribution >= 0.6 is 0 Å². The van der Waals surface area contributed by atoms with Crippen molar-refractivity contribution in [3.05, 3.63) is 11.4 Å². The zero-order valence-electron chi connectivity index (χ0n) is 12.3. The third-order valence-electron chi connectivity index (χ3n) is 3.60. The highest BCUT2D eigenvalue weighted by Gasteiger charge is 2.28. The number of aromatic amines is 1. The fourth-order valence-electron chi connectivity index (χ4n) is 2.26. The lowest BCUT2D eigenvalue weighted by Crippen LogP contribution is -2.27. The molecule has 1 fully saturated rings. The summed E-state index contributed by atoms with van der Waals surface area (Å²) in [7, 11) is -4.00. The smallest absolute Gasteiger partial charge is 0.273 e. The number of H-pyrrole nitrogens is 1. The Kier molecular flexibility index (Phi) is 4.67. The van der Waals surface area contributed by atoms with Crippen LogP contribution in [0, 0.1) is 5.92 Å². The molecule has 0 radical (unpaired) electrons. The van der Waals surface area contributed by atoms with Crippen molar-refractivity contribution in [1.29, 1.82) is 0 Å². The number of nitrogens with one attached hydrogen (secondary N) is 2. The van der Waals surface area contributed by atoms with Crippen LogP contribution in [0.4, 0.5) is 0 Å². The minimum absolute atomic E-state index is 0.123. The van der Waals surface area contributed by atoms with Crippen molar-refractivity contribution in [2.45, 2.75) is 50.3 Å². The summed E-state index contributed by atoms with van der Waals surface area (Å²) >= 11 is 0. The van der Waals surface area contributed by atoms with Gasteiger partial charge in [-0.1, -0.05) is 26.7 Å². The Bertz CT molecular complexity index is 617. The predicted molar refractivity (Wildman–Crippen MR) is 78.3 cm³/mol. The summed E-state index contributed by atoms with van der Waals surface area (Å²) < 4.78 is 23.4. The average Bonchev–Trinajstić information content (AvgIpc) is 3.07. The summed E-state index contributed by atoms with van der Waals surface area (Å²) in [4.78, 5) is 11.9. The van der Waals surface area contributed by atoms with E-state index in [4.69, 9.17) is 5.14 Å². The van der Waals surface area contributed by atoms with Gasteiger partial charge in [0.1, 0.15) is 4.90 Å². The highest BCUT2D eigenvalue weighted by Crippen LogP contribution is 2.33. The largest absolute Gasteiger partial charge is 0.351 e. The van der Waals surface area contributed by atoms with Crippen LogP contribution in [0.15, 0.2) is 4.90 Å². The van der Waals surface area contributed by atoms with Crippen LogP contribution in [0.5, 0.6) is 0 Å². The molecule has 0 atom stereocenters. The van der Waals surface area contributed by atoms with Gasteiger partial charge in [-0.15, -0.1) is 0 Å². The fraction of sp³-hybridized carbons (Fsp3) is 0.692. The van der Waals surface area contributed by atoms with Gasteiger partial charge in [0.25, 0.3) is 5.91 Å². The lowest BCUT2D eigenvalue weighted by atomic mass is 10.1. The van der Waals surface area contributed by atoms with E-state index in [1.54, 1.807) is 13.8 Å². The van der Waals surface area contributed by atoms with Gasteiger partial charge >= 0.3 is 0 Å². The van der Waals surface area contributed by atoms with Crippen LogP contribution in [0.3, 0.4) is 0 Å². The van der Waals surface area contributed by atoms with Crippen molar-refractivity contribution in [3.8, 4) is 0 Å². The number of carbonyl (C=O) groups is 1. The maximum atomic E-state index is 12.1.